The number of para-hydroxylation sites is 1. The Labute approximate surface area is 103 Å². The molecule has 1 aliphatic rings. The zero-order chi connectivity index (χ0) is 12.3. The average molecular weight is 229 g/mol. The van der Waals surface area contributed by atoms with E-state index >= 15 is 0 Å². The Morgan fingerprint density at radius 2 is 2.06 bits per heavy atom. The highest BCUT2D eigenvalue weighted by Crippen LogP contribution is 2.23. The van der Waals surface area contributed by atoms with Crippen molar-refractivity contribution < 1.29 is 0 Å². The molecule has 1 heterocycles. The van der Waals surface area contributed by atoms with E-state index in [9.17, 15) is 5.26 Å². The first-order chi connectivity index (χ1) is 8.22. The van der Waals surface area contributed by atoms with Crippen LogP contribution >= 0.6 is 0 Å². The molecule has 0 bridgehead atoms. The van der Waals surface area contributed by atoms with Gasteiger partial charge in [0.1, 0.15) is 6.07 Å². The third-order valence-electron chi connectivity index (χ3n) is 3.31. The summed E-state index contributed by atoms with van der Waals surface area (Å²) in [7, 11) is 0. The quantitative estimate of drug-likeness (QED) is 0.800. The van der Waals surface area contributed by atoms with Crippen LogP contribution in [0, 0.1) is 17.2 Å². The molecular formula is C14H19N3. The van der Waals surface area contributed by atoms with Gasteiger partial charge in [0.2, 0.25) is 0 Å². The Bertz CT molecular complexity index is 422. The Hall–Kier alpha value is -1.53. The van der Waals surface area contributed by atoms with Gasteiger partial charge in [-0.1, -0.05) is 19.1 Å². The van der Waals surface area contributed by atoms with Crippen LogP contribution in [0.2, 0.25) is 0 Å². The fourth-order valence-electron chi connectivity index (χ4n) is 2.38. The fourth-order valence-corrected chi connectivity index (χ4v) is 2.38. The van der Waals surface area contributed by atoms with Crippen molar-refractivity contribution in [2.75, 3.05) is 24.5 Å². The normalized spacial score (nSPS) is 25.1. The summed E-state index contributed by atoms with van der Waals surface area (Å²) in [5.74, 6) is 0.603. The second-order valence-corrected chi connectivity index (χ2v) is 4.89. The summed E-state index contributed by atoms with van der Waals surface area (Å²) in [5.41, 5.74) is 1.84. The van der Waals surface area contributed by atoms with E-state index in [-0.39, 0.29) is 0 Å². The molecule has 1 fully saturated rings. The highest BCUT2D eigenvalue weighted by molar-refractivity contribution is 5.59. The van der Waals surface area contributed by atoms with E-state index < -0.39 is 0 Å². The summed E-state index contributed by atoms with van der Waals surface area (Å²) in [6.45, 7) is 7.48. The van der Waals surface area contributed by atoms with Crippen LogP contribution in [0.4, 0.5) is 5.69 Å². The van der Waals surface area contributed by atoms with Crippen LogP contribution in [0.5, 0.6) is 0 Å². The van der Waals surface area contributed by atoms with Gasteiger partial charge in [0.05, 0.1) is 11.3 Å². The summed E-state index contributed by atoms with van der Waals surface area (Å²) in [6.07, 6.45) is 0. The third kappa shape index (κ3) is 2.59. The van der Waals surface area contributed by atoms with Crippen molar-refractivity contribution in [1.29, 1.82) is 5.26 Å². The van der Waals surface area contributed by atoms with E-state index in [1.54, 1.807) is 0 Å². The zero-order valence-electron chi connectivity index (χ0n) is 10.5. The molecule has 0 spiro atoms. The number of nitrogens with zero attached hydrogens (tertiary/aromatic N) is 2. The predicted octanol–water partition coefficient (Wildman–Crippen LogP) is 1.99. The summed E-state index contributed by atoms with van der Waals surface area (Å²) in [6, 6.07) is 10.6. The van der Waals surface area contributed by atoms with E-state index in [2.05, 4.69) is 30.1 Å². The maximum absolute atomic E-state index is 9.18. The number of benzene rings is 1. The average Bonchev–Trinajstić information content (AvgIpc) is 2.51. The number of nitriles is 1. The lowest BCUT2D eigenvalue weighted by molar-refractivity contribution is 0.563. The summed E-state index contributed by atoms with van der Waals surface area (Å²) in [5, 5.41) is 12.6. The van der Waals surface area contributed by atoms with Gasteiger partial charge in [-0.2, -0.15) is 5.26 Å². The van der Waals surface area contributed by atoms with Crippen LogP contribution in [0.1, 0.15) is 19.4 Å². The second-order valence-electron chi connectivity index (χ2n) is 4.89. The Morgan fingerprint density at radius 3 is 2.82 bits per heavy atom. The minimum Gasteiger partial charge on any atom is -0.366 e. The highest BCUT2D eigenvalue weighted by Gasteiger charge is 2.22. The lowest BCUT2D eigenvalue weighted by Crippen LogP contribution is -2.38. The lowest BCUT2D eigenvalue weighted by Gasteiger charge is -2.31. The molecule has 0 amide bonds. The number of nitrogens with one attached hydrogen (secondary N) is 1. The minimum absolute atomic E-state index is 0.425. The van der Waals surface area contributed by atoms with Crippen molar-refractivity contribution in [3.8, 4) is 6.07 Å². The van der Waals surface area contributed by atoms with E-state index in [1.807, 2.05) is 24.3 Å². The molecule has 3 nitrogen and oxygen atoms in total. The van der Waals surface area contributed by atoms with E-state index in [1.165, 1.54) is 0 Å². The Kier molecular flexibility index (Phi) is 3.65. The van der Waals surface area contributed by atoms with Gasteiger partial charge in [0.15, 0.2) is 0 Å². The molecule has 90 valence electrons. The molecular weight excluding hydrogens is 210 g/mol. The maximum atomic E-state index is 9.18. The summed E-state index contributed by atoms with van der Waals surface area (Å²) in [4.78, 5) is 2.35. The SMILES string of the molecule is CC1CNCC(C)N(c2ccccc2C#N)C1. The highest BCUT2D eigenvalue weighted by atomic mass is 15.2. The van der Waals surface area contributed by atoms with E-state index in [0.29, 0.717) is 12.0 Å². The molecule has 1 saturated heterocycles. The van der Waals surface area contributed by atoms with Gasteiger partial charge < -0.3 is 10.2 Å². The smallest absolute Gasteiger partial charge is 0.101 e. The molecule has 2 atom stereocenters. The molecule has 1 N–H and O–H groups in total. The van der Waals surface area contributed by atoms with Gasteiger partial charge in [0.25, 0.3) is 0 Å². The Balaban J connectivity index is 2.33. The van der Waals surface area contributed by atoms with Crippen LogP contribution in [-0.2, 0) is 0 Å². The monoisotopic (exact) mass is 229 g/mol. The summed E-state index contributed by atoms with van der Waals surface area (Å²) >= 11 is 0. The number of hydrogen-bond donors (Lipinski definition) is 1. The van der Waals surface area contributed by atoms with Crippen LogP contribution in [-0.4, -0.2) is 25.7 Å². The standard InChI is InChI=1S/C14H19N3/c1-11-8-16-9-12(2)17(10-11)14-6-4-3-5-13(14)7-15/h3-6,11-12,16H,8-10H2,1-2H3. The molecule has 0 aliphatic carbocycles. The van der Waals surface area contributed by atoms with Gasteiger partial charge >= 0.3 is 0 Å². The molecule has 0 radical (unpaired) electrons. The van der Waals surface area contributed by atoms with Crippen molar-refractivity contribution in [3.63, 3.8) is 0 Å². The second kappa shape index (κ2) is 5.20. The van der Waals surface area contributed by atoms with Gasteiger partial charge in [-0.3, -0.25) is 0 Å². The van der Waals surface area contributed by atoms with Crippen molar-refractivity contribution in [1.82, 2.24) is 5.32 Å². The van der Waals surface area contributed by atoms with E-state index in [0.717, 1.165) is 30.9 Å². The van der Waals surface area contributed by atoms with Crippen molar-refractivity contribution >= 4 is 5.69 Å². The van der Waals surface area contributed by atoms with Crippen LogP contribution in [0.25, 0.3) is 0 Å². The number of hydrogen-bond acceptors (Lipinski definition) is 3. The van der Waals surface area contributed by atoms with Crippen LogP contribution < -0.4 is 10.2 Å². The van der Waals surface area contributed by atoms with Crippen molar-refractivity contribution in [3.05, 3.63) is 29.8 Å². The lowest BCUT2D eigenvalue weighted by atomic mass is 10.1. The molecule has 3 heteroatoms. The first kappa shape index (κ1) is 11.9. The third-order valence-corrected chi connectivity index (χ3v) is 3.31. The number of anilines is 1. The molecule has 2 unspecified atom stereocenters. The minimum atomic E-state index is 0.425. The maximum Gasteiger partial charge on any atom is 0.101 e. The van der Waals surface area contributed by atoms with Crippen molar-refractivity contribution in [2.45, 2.75) is 19.9 Å². The predicted molar refractivity (Wildman–Crippen MR) is 70.0 cm³/mol. The van der Waals surface area contributed by atoms with Gasteiger partial charge in [-0.15, -0.1) is 0 Å². The first-order valence-corrected chi connectivity index (χ1v) is 6.19. The van der Waals surface area contributed by atoms with E-state index in [4.69, 9.17) is 0 Å². The van der Waals surface area contributed by atoms with Gasteiger partial charge in [-0.25, -0.2) is 0 Å². The van der Waals surface area contributed by atoms with Crippen LogP contribution in [0.15, 0.2) is 24.3 Å². The zero-order valence-corrected chi connectivity index (χ0v) is 10.5. The molecule has 1 aliphatic heterocycles. The topological polar surface area (TPSA) is 39.1 Å². The molecule has 0 saturated carbocycles. The molecule has 0 aromatic heterocycles. The Morgan fingerprint density at radius 1 is 1.29 bits per heavy atom. The molecule has 1 aromatic rings. The molecule has 17 heavy (non-hydrogen) atoms. The first-order valence-electron chi connectivity index (χ1n) is 6.19. The summed E-state index contributed by atoms with van der Waals surface area (Å²) < 4.78 is 0. The molecule has 2 rings (SSSR count). The van der Waals surface area contributed by atoms with Gasteiger partial charge in [0, 0.05) is 19.1 Å². The fraction of sp³-hybridized carbons (Fsp3) is 0.500. The number of rotatable bonds is 1. The van der Waals surface area contributed by atoms with Gasteiger partial charge in [-0.05, 0) is 31.5 Å². The largest absolute Gasteiger partial charge is 0.366 e. The van der Waals surface area contributed by atoms with Crippen molar-refractivity contribution in [2.24, 2.45) is 5.92 Å². The molecule has 1 aromatic carbocycles. The van der Waals surface area contributed by atoms with Crippen LogP contribution in [0.3, 0.4) is 0 Å².